The van der Waals surface area contributed by atoms with Gasteiger partial charge in [0.2, 0.25) is 0 Å². The average molecular weight is 261 g/mol. The Labute approximate surface area is 104 Å². The Kier molecular flexibility index (Phi) is 5.76. The molecule has 5 nitrogen and oxygen atoms in total. The zero-order valence-corrected chi connectivity index (χ0v) is 10.3. The van der Waals surface area contributed by atoms with Crippen LogP contribution < -0.4 is 9.47 Å². The normalized spacial score (nSPS) is 10.1. The molecule has 0 aliphatic rings. The number of carbonyl (C=O) groups is 1. The van der Waals surface area contributed by atoms with Gasteiger partial charge in [-0.05, 0) is 6.07 Å². The second-order valence-electron chi connectivity index (χ2n) is 3.04. The summed E-state index contributed by atoms with van der Waals surface area (Å²) in [6.45, 7) is 0.0933. The largest absolute Gasteiger partial charge is 0.467 e. The highest BCUT2D eigenvalue weighted by atomic mass is 35.5. The van der Waals surface area contributed by atoms with E-state index in [1.165, 1.54) is 26.4 Å². The molecule has 94 valence electrons. The number of benzene rings is 1. The van der Waals surface area contributed by atoms with E-state index in [0.717, 1.165) is 0 Å². The molecule has 0 radical (unpaired) electrons. The fourth-order valence-corrected chi connectivity index (χ4v) is 1.35. The van der Waals surface area contributed by atoms with Gasteiger partial charge in [-0.3, -0.25) is 4.79 Å². The van der Waals surface area contributed by atoms with Gasteiger partial charge >= 0.3 is 0 Å². The molecule has 0 bridgehead atoms. The highest BCUT2D eigenvalue weighted by Crippen LogP contribution is 2.32. The lowest BCUT2D eigenvalue weighted by Crippen LogP contribution is -2.04. The monoisotopic (exact) mass is 260 g/mol. The molecule has 0 unspecified atom stereocenters. The Balaban J connectivity index is 2.95. The molecule has 17 heavy (non-hydrogen) atoms. The van der Waals surface area contributed by atoms with Gasteiger partial charge < -0.3 is 18.9 Å². The fraction of sp³-hybridized carbons (Fsp3) is 0.364. The van der Waals surface area contributed by atoms with Crippen LogP contribution >= 0.6 is 11.6 Å². The molecule has 0 fully saturated rings. The number of aldehydes is 1. The van der Waals surface area contributed by atoms with E-state index in [1.807, 2.05) is 0 Å². The zero-order valence-electron chi connectivity index (χ0n) is 9.57. The SMILES string of the molecule is COCOc1cc(OCOC)c(C=O)cc1Cl. The van der Waals surface area contributed by atoms with Crippen molar-refractivity contribution < 1.29 is 23.7 Å². The molecule has 1 aromatic carbocycles. The maximum absolute atomic E-state index is 10.8. The Morgan fingerprint density at radius 1 is 1.12 bits per heavy atom. The van der Waals surface area contributed by atoms with Gasteiger partial charge in [0.25, 0.3) is 0 Å². The highest BCUT2D eigenvalue weighted by molar-refractivity contribution is 6.32. The first kappa shape index (κ1) is 13.8. The van der Waals surface area contributed by atoms with E-state index in [0.29, 0.717) is 28.4 Å². The first-order valence-electron chi connectivity index (χ1n) is 4.75. The molecule has 6 heteroatoms. The zero-order chi connectivity index (χ0) is 12.7. The van der Waals surface area contributed by atoms with E-state index in [2.05, 4.69) is 0 Å². The number of hydrogen-bond acceptors (Lipinski definition) is 5. The van der Waals surface area contributed by atoms with Crippen LogP contribution in [-0.4, -0.2) is 34.1 Å². The maximum Gasteiger partial charge on any atom is 0.188 e. The van der Waals surface area contributed by atoms with E-state index in [-0.39, 0.29) is 13.6 Å². The maximum atomic E-state index is 10.8. The summed E-state index contributed by atoms with van der Waals surface area (Å²) in [5, 5.41) is 0.314. The molecule has 0 N–H and O–H groups in total. The lowest BCUT2D eigenvalue weighted by molar-refractivity contribution is 0.0457. The topological polar surface area (TPSA) is 54.0 Å². The molecule has 0 saturated carbocycles. The summed E-state index contributed by atoms with van der Waals surface area (Å²) in [6, 6.07) is 2.98. The first-order chi connectivity index (χ1) is 8.22. The van der Waals surface area contributed by atoms with E-state index in [9.17, 15) is 4.79 Å². The molecular formula is C11H13ClO5. The van der Waals surface area contributed by atoms with Gasteiger partial charge in [-0.15, -0.1) is 0 Å². The minimum absolute atomic E-state index is 0.0339. The summed E-state index contributed by atoms with van der Waals surface area (Å²) in [5.74, 6) is 0.725. The standard InChI is InChI=1S/C11H13ClO5/c1-14-6-16-10-4-11(17-7-15-2)9(12)3-8(10)5-13/h3-5H,6-7H2,1-2H3. The number of ether oxygens (including phenoxy) is 4. The predicted octanol–water partition coefficient (Wildman–Crippen LogP) is 2.12. The third-order valence-electron chi connectivity index (χ3n) is 1.86. The van der Waals surface area contributed by atoms with Gasteiger partial charge in [-0.2, -0.15) is 0 Å². The quantitative estimate of drug-likeness (QED) is 0.555. The molecule has 0 heterocycles. The van der Waals surface area contributed by atoms with Crippen LogP contribution in [0.1, 0.15) is 10.4 Å². The smallest absolute Gasteiger partial charge is 0.188 e. The molecule has 0 aromatic heterocycles. The van der Waals surface area contributed by atoms with E-state index >= 15 is 0 Å². The van der Waals surface area contributed by atoms with Crippen LogP contribution in [0.15, 0.2) is 12.1 Å². The van der Waals surface area contributed by atoms with Gasteiger partial charge in [0.1, 0.15) is 11.5 Å². The molecule has 0 saturated heterocycles. The first-order valence-corrected chi connectivity index (χ1v) is 5.13. The van der Waals surface area contributed by atoms with E-state index < -0.39 is 0 Å². The summed E-state index contributed by atoms with van der Waals surface area (Å²) in [5.41, 5.74) is 0.330. The van der Waals surface area contributed by atoms with E-state index in [4.69, 9.17) is 30.5 Å². The molecule has 0 amide bonds. The van der Waals surface area contributed by atoms with Crippen molar-refractivity contribution in [3.63, 3.8) is 0 Å². The highest BCUT2D eigenvalue weighted by Gasteiger charge is 2.10. The second-order valence-corrected chi connectivity index (χ2v) is 3.45. The van der Waals surface area contributed by atoms with Crippen molar-refractivity contribution in [2.75, 3.05) is 27.8 Å². The Morgan fingerprint density at radius 2 is 1.71 bits per heavy atom. The summed E-state index contributed by atoms with van der Waals surface area (Å²) in [4.78, 5) is 10.8. The molecule has 0 aliphatic heterocycles. The van der Waals surface area contributed by atoms with Crippen LogP contribution in [-0.2, 0) is 9.47 Å². The van der Waals surface area contributed by atoms with Crippen LogP contribution in [0.5, 0.6) is 11.5 Å². The van der Waals surface area contributed by atoms with Crippen LogP contribution in [0.25, 0.3) is 0 Å². The third kappa shape index (κ3) is 3.89. The van der Waals surface area contributed by atoms with Crippen LogP contribution in [0, 0.1) is 0 Å². The van der Waals surface area contributed by atoms with E-state index in [1.54, 1.807) is 0 Å². The molecule has 1 rings (SSSR count). The number of hydrogen-bond donors (Lipinski definition) is 0. The lowest BCUT2D eigenvalue weighted by atomic mass is 10.2. The van der Waals surface area contributed by atoms with Crippen LogP contribution in [0.2, 0.25) is 5.02 Å². The minimum atomic E-state index is 0.0339. The number of rotatable bonds is 7. The fourth-order valence-electron chi connectivity index (χ4n) is 1.12. The second kappa shape index (κ2) is 7.11. The van der Waals surface area contributed by atoms with Crippen molar-refractivity contribution in [1.29, 1.82) is 0 Å². The van der Waals surface area contributed by atoms with Crippen LogP contribution in [0.3, 0.4) is 0 Å². The Morgan fingerprint density at radius 3 is 2.24 bits per heavy atom. The van der Waals surface area contributed by atoms with Gasteiger partial charge in [-0.1, -0.05) is 11.6 Å². The van der Waals surface area contributed by atoms with Crippen molar-refractivity contribution in [1.82, 2.24) is 0 Å². The molecular weight excluding hydrogens is 248 g/mol. The number of halogens is 1. The molecule has 0 atom stereocenters. The third-order valence-corrected chi connectivity index (χ3v) is 2.15. The average Bonchev–Trinajstić information content (AvgIpc) is 2.35. The van der Waals surface area contributed by atoms with Gasteiger partial charge in [0, 0.05) is 20.3 Å². The lowest BCUT2D eigenvalue weighted by Gasteiger charge is -2.11. The summed E-state index contributed by atoms with van der Waals surface area (Å²) in [6.07, 6.45) is 0.650. The molecule has 0 spiro atoms. The summed E-state index contributed by atoms with van der Waals surface area (Å²) in [7, 11) is 2.98. The Bertz CT molecular complexity index is 380. The Hall–Kier alpha value is -1.30. The molecule has 1 aromatic rings. The van der Waals surface area contributed by atoms with Crippen molar-refractivity contribution in [2.24, 2.45) is 0 Å². The molecule has 0 aliphatic carbocycles. The van der Waals surface area contributed by atoms with Gasteiger partial charge in [-0.25, -0.2) is 0 Å². The predicted molar refractivity (Wildman–Crippen MR) is 61.8 cm³/mol. The van der Waals surface area contributed by atoms with Gasteiger partial charge in [0.15, 0.2) is 19.9 Å². The summed E-state index contributed by atoms with van der Waals surface area (Å²) < 4.78 is 20.0. The number of methoxy groups -OCH3 is 2. The van der Waals surface area contributed by atoms with Crippen molar-refractivity contribution >= 4 is 17.9 Å². The minimum Gasteiger partial charge on any atom is -0.467 e. The van der Waals surface area contributed by atoms with Crippen molar-refractivity contribution in [3.8, 4) is 11.5 Å². The summed E-state index contributed by atoms with van der Waals surface area (Å²) >= 11 is 5.92. The number of carbonyl (C=O) groups excluding carboxylic acids is 1. The van der Waals surface area contributed by atoms with Crippen molar-refractivity contribution in [2.45, 2.75) is 0 Å². The van der Waals surface area contributed by atoms with Gasteiger partial charge in [0.05, 0.1) is 10.6 Å². The van der Waals surface area contributed by atoms with Crippen LogP contribution in [0.4, 0.5) is 0 Å². The van der Waals surface area contributed by atoms with Crippen molar-refractivity contribution in [3.05, 3.63) is 22.7 Å².